The Morgan fingerprint density at radius 3 is 2.29 bits per heavy atom. The summed E-state index contributed by atoms with van der Waals surface area (Å²) in [6, 6.07) is 10.7. The molecule has 2 N–H and O–H groups in total. The van der Waals surface area contributed by atoms with Gasteiger partial charge >= 0.3 is 6.03 Å². The number of nitrogens with one attached hydrogen (secondary N) is 2. The Morgan fingerprint density at radius 1 is 1.07 bits per heavy atom. The quantitative estimate of drug-likeness (QED) is 0.853. The first-order valence-corrected chi connectivity index (χ1v) is 9.81. The summed E-state index contributed by atoms with van der Waals surface area (Å²) >= 11 is 0. The Bertz CT molecular complexity index is 828. The van der Waals surface area contributed by atoms with Gasteiger partial charge in [-0.05, 0) is 45.3 Å². The van der Waals surface area contributed by atoms with Crippen LogP contribution < -0.4 is 15.5 Å². The summed E-state index contributed by atoms with van der Waals surface area (Å²) in [5, 5.41) is 6.17. The van der Waals surface area contributed by atoms with Gasteiger partial charge in [0, 0.05) is 12.6 Å². The molecule has 1 aromatic carbocycles. The second-order valence-electron chi connectivity index (χ2n) is 8.10. The van der Waals surface area contributed by atoms with Crippen LogP contribution in [0, 0.1) is 0 Å². The Labute approximate surface area is 166 Å². The molecule has 0 radical (unpaired) electrons. The van der Waals surface area contributed by atoms with Gasteiger partial charge in [0.2, 0.25) is 5.95 Å². The summed E-state index contributed by atoms with van der Waals surface area (Å²) in [6.07, 6.45) is 7.30. The lowest BCUT2D eigenvalue weighted by Gasteiger charge is -2.48. The molecule has 0 atom stereocenters. The number of aromatic nitrogens is 2. The minimum Gasteiger partial charge on any atom is -0.357 e. The van der Waals surface area contributed by atoms with Gasteiger partial charge in [-0.15, -0.1) is 0 Å². The van der Waals surface area contributed by atoms with Crippen molar-refractivity contribution in [2.45, 2.75) is 36.8 Å². The minimum absolute atomic E-state index is 0.0161. The number of hydrogen-bond donors (Lipinski definition) is 2. The predicted octanol–water partition coefficient (Wildman–Crippen LogP) is 2.82. The lowest BCUT2D eigenvalue weighted by atomic mass is 9.69. The average Bonchev–Trinajstić information content (AvgIpc) is 3.05. The zero-order valence-electron chi connectivity index (χ0n) is 16.8. The van der Waals surface area contributed by atoms with E-state index in [-0.39, 0.29) is 17.1 Å². The summed E-state index contributed by atoms with van der Waals surface area (Å²) < 4.78 is 0. The van der Waals surface area contributed by atoms with E-state index in [9.17, 15) is 4.79 Å². The molecule has 28 heavy (non-hydrogen) atoms. The van der Waals surface area contributed by atoms with Crippen molar-refractivity contribution in [3.63, 3.8) is 0 Å². The Balaban J connectivity index is 1.53. The smallest absolute Gasteiger partial charge is 0.322 e. The van der Waals surface area contributed by atoms with Crippen molar-refractivity contribution in [2.75, 3.05) is 37.9 Å². The number of anilines is 2. The average molecular weight is 380 g/mol. The van der Waals surface area contributed by atoms with E-state index in [1.165, 1.54) is 5.56 Å². The molecular weight excluding hydrogens is 352 g/mol. The first-order valence-electron chi connectivity index (χ1n) is 9.81. The lowest BCUT2D eigenvalue weighted by molar-refractivity contribution is 0.0658. The molecule has 1 aliphatic heterocycles. The van der Waals surface area contributed by atoms with Crippen LogP contribution in [0.15, 0.2) is 42.7 Å². The zero-order valence-corrected chi connectivity index (χ0v) is 16.8. The van der Waals surface area contributed by atoms with E-state index in [4.69, 9.17) is 0 Å². The number of carbonyl (C=O) groups excluding carboxylic acids is 1. The maximum Gasteiger partial charge on any atom is 0.322 e. The van der Waals surface area contributed by atoms with E-state index in [2.05, 4.69) is 69.9 Å². The number of rotatable bonds is 4. The van der Waals surface area contributed by atoms with Gasteiger partial charge in [-0.3, -0.25) is 9.80 Å². The van der Waals surface area contributed by atoms with Crippen LogP contribution in [0.25, 0.3) is 0 Å². The fourth-order valence-electron chi connectivity index (χ4n) is 4.67. The fraction of sp³-hybridized carbons (Fsp3) is 0.476. The highest BCUT2D eigenvalue weighted by Crippen LogP contribution is 2.46. The molecule has 0 bridgehead atoms. The molecule has 2 amide bonds. The zero-order chi connectivity index (χ0) is 19.8. The van der Waals surface area contributed by atoms with Gasteiger partial charge in [0.15, 0.2) is 0 Å². The molecule has 2 fully saturated rings. The van der Waals surface area contributed by atoms with Gasteiger partial charge in [0.05, 0.1) is 30.2 Å². The molecule has 4 rings (SSSR count). The summed E-state index contributed by atoms with van der Waals surface area (Å²) in [5.41, 5.74) is 1.92. The van der Waals surface area contributed by atoms with E-state index in [1.807, 2.05) is 0 Å². The maximum atomic E-state index is 12.7. The summed E-state index contributed by atoms with van der Waals surface area (Å²) in [7, 11) is 6.09. The Morgan fingerprint density at radius 2 is 1.71 bits per heavy atom. The molecular formula is C21H28N6O. The van der Waals surface area contributed by atoms with Crippen LogP contribution in [0.2, 0.25) is 0 Å². The van der Waals surface area contributed by atoms with Crippen molar-refractivity contribution >= 4 is 17.7 Å². The molecule has 1 spiro atoms. The summed E-state index contributed by atoms with van der Waals surface area (Å²) in [4.78, 5) is 25.3. The van der Waals surface area contributed by atoms with Crippen molar-refractivity contribution in [2.24, 2.45) is 0 Å². The largest absolute Gasteiger partial charge is 0.357 e. The van der Waals surface area contributed by atoms with Crippen LogP contribution in [0.5, 0.6) is 0 Å². The highest BCUT2D eigenvalue weighted by atomic mass is 16.2. The Kier molecular flexibility index (Phi) is 4.71. The molecule has 1 saturated carbocycles. The van der Waals surface area contributed by atoms with Crippen LogP contribution in [0.4, 0.5) is 16.4 Å². The Hall–Kier alpha value is -2.67. The molecule has 0 unspecified atom stereocenters. The second kappa shape index (κ2) is 7.05. The summed E-state index contributed by atoms with van der Waals surface area (Å²) in [5.74, 6) is 0.550. The van der Waals surface area contributed by atoms with Gasteiger partial charge in [0.25, 0.3) is 0 Å². The van der Waals surface area contributed by atoms with Gasteiger partial charge in [-0.25, -0.2) is 14.8 Å². The monoisotopic (exact) mass is 380 g/mol. The first kappa shape index (κ1) is 18.7. The van der Waals surface area contributed by atoms with Crippen molar-refractivity contribution in [3.8, 4) is 0 Å². The van der Waals surface area contributed by atoms with E-state index in [0.29, 0.717) is 12.5 Å². The van der Waals surface area contributed by atoms with Gasteiger partial charge in [-0.2, -0.15) is 0 Å². The van der Waals surface area contributed by atoms with Crippen molar-refractivity contribution in [1.29, 1.82) is 0 Å². The molecule has 1 aromatic heterocycles. The number of benzene rings is 1. The van der Waals surface area contributed by atoms with Gasteiger partial charge in [-0.1, -0.05) is 30.3 Å². The standard InChI is InChI=1S/C21H28N6O/c1-22-18-23-13-17(14-24-18)27-15-20(25-19(27)28)9-11-21(12-10-20,26(2)3)16-7-5-4-6-8-16/h4-8,13-14H,9-12,15H2,1-3H3,(H,25,28)(H,22,23,24)/t20-,21-. The number of urea groups is 1. The molecule has 7 nitrogen and oxygen atoms in total. The minimum atomic E-state index is -0.187. The molecule has 148 valence electrons. The predicted molar refractivity (Wildman–Crippen MR) is 110 cm³/mol. The second-order valence-corrected chi connectivity index (χ2v) is 8.10. The highest BCUT2D eigenvalue weighted by molar-refractivity contribution is 5.95. The molecule has 1 aliphatic carbocycles. The van der Waals surface area contributed by atoms with Crippen molar-refractivity contribution in [1.82, 2.24) is 20.2 Å². The maximum absolute atomic E-state index is 12.7. The normalized spacial score (nSPS) is 27.3. The van der Waals surface area contributed by atoms with Crippen LogP contribution >= 0.6 is 0 Å². The number of hydrogen-bond acceptors (Lipinski definition) is 5. The van der Waals surface area contributed by atoms with Crippen LogP contribution in [0.1, 0.15) is 31.2 Å². The van der Waals surface area contributed by atoms with E-state index in [0.717, 1.165) is 31.4 Å². The van der Waals surface area contributed by atoms with Crippen molar-refractivity contribution < 1.29 is 4.79 Å². The molecule has 2 aliphatic rings. The van der Waals surface area contributed by atoms with E-state index in [1.54, 1.807) is 24.3 Å². The lowest BCUT2D eigenvalue weighted by Crippen LogP contribution is -2.54. The van der Waals surface area contributed by atoms with Crippen LogP contribution in [-0.4, -0.2) is 54.1 Å². The number of amides is 2. The number of nitrogens with zero attached hydrogens (tertiary/aromatic N) is 4. The summed E-state index contributed by atoms with van der Waals surface area (Å²) in [6.45, 7) is 0.659. The van der Waals surface area contributed by atoms with E-state index < -0.39 is 0 Å². The molecule has 1 saturated heterocycles. The molecule has 7 heteroatoms. The third kappa shape index (κ3) is 3.09. The van der Waals surface area contributed by atoms with Crippen LogP contribution in [-0.2, 0) is 5.54 Å². The van der Waals surface area contributed by atoms with Gasteiger partial charge < -0.3 is 10.6 Å². The topological polar surface area (TPSA) is 73.4 Å². The highest BCUT2D eigenvalue weighted by Gasteiger charge is 2.50. The third-order valence-electron chi connectivity index (χ3n) is 6.45. The van der Waals surface area contributed by atoms with Crippen LogP contribution in [0.3, 0.4) is 0 Å². The molecule has 2 heterocycles. The van der Waals surface area contributed by atoms with Crippen molar-refractivity contribution in [3.05, 3.63) is 48.3 Å². The SMILES string of the molecule is CNc1ncc(N2C[C@]3(CC[C@@](c4ccccc4)(N(C)C)CC3)NC2=O)cn1. The third-order valence-corrected chi connectivity index (χ3v) is 6.45. The first-order chi connectivity index (χ1) is 13.5. The number of carbonyl (C=O) groups is 1. The van der Waals surface area contributed by atoms with Gasteiger partial charge in [0.1, 0.15) is 0 Å². The van der Waals surface area contributed by atoms with E-state index >= 15 is 0 Å². The molecule has 2 aromatic rings. The fourth-order valence-corrected chi connectivity index (χ4v) is 4.67.